The zero-order valence-corrected chi connectivity index (χ0v) is 56.2. The van der Waals surface area contributed by atoms with E-state index in [-0.39, 0.29) is 94.0 Å². The summed E-state index contributed by atoms with van der Waals surface area (Å²) in [4.78, 5) is 127. The minimum absolute atomic E-state index is 0. The van der Waals surface area contributed by atoms with Crippen LogP contribution in [0.4, 0.5) is 0 Å². The van der Waals surface area contributed by atoms with Crippen molar-refractivity contribution in [3.63, 3.8) is 0 Å². The number of imidazole rings is 1. The van der Waals surface area contributed by atoms with Crippen molar-refractivity contribution < 1.29 is 88.9 Å². The first-order valence-electron chi connectivity index (χ1n) is 30.7. The molecular weight excluding hydrogens is 1270 g/mol. The molecule has 15 atom stereocenters. The molecule has 14 N–H and O–H groups in total. The van der Waals surface area contributed by atoms with Gasteiger partial charge in [0.15, 0.2) is 6.23 Å². The van der Waals surface area contributed by atoms with Gasteiger partial charge in [0.2, 0.25) is 35.4 Å². The number of aliphatic imine (C=N–C) groups is 3. The number of amides is 6. The SMILES string of the molecule is C/C1=C2/[N-][C@H]([C@H](CC(N)=O)[C@@]2(C)CCC(=O)NC[C@H](C)OP(=O)([O-])O[C@H]2[C@@H](O)[C@@H](n3cnc4cc(C)c(C)cc43)O[C@@H]2CO)[C@]2(C)N=C(/C(C)=C3N=C(/C=C4N=C1[C@@H](CCC(N)=O)C\4(C)C)[C@@H](CCC(=O)O)[C@]\3(C)CC(N)=O)[C@@H](CCC(N)=O)[C@]2(C)CC(N)=O.[C-]#N.[Co+2]. The predicted octanol–water partition coefficient (Wildman–Crippen LogP) is 4.01. The molecule has 509 valence electrons. The Hall–Kier alpha value is -7.00. The molecular formula is C63H87CoN13O15P-. The molecule has 0 aliphatic carbocycles. The van der Waals surface area contributed by atoms with Gasteiger partial charge in [0, 0.05) is 108 Å². The number of hydrogen-bond acceptors (Lipinski definition) is 19. The number of hydrogen-bond donors (Lipinski definition) is 9. The van der Waals surface area contributed by atoms with Gasteiger partial charge >= 0.3 is 22.7 Å². The number of benzene rings is 1. The van der Waals surface area contributed by atoms with Crippen molar-refractivity contribution in [2.45, 2.75) is 189 Å². The summed E-state index contributed by atoms with van der Waals surface area (Å²) in [6.07, 6.45) is -5.34. The molecule has 2 fully saturated rings. The Balaban J connectivity index is 0.00000453. The summed E-state index contributed by atoms with van der Waals surface area (Å²) in [6, 6.07) is 2.64. The van der Waals surface area contributed by atoms with Crippen molar-refractivity contribution in [2.75, 3.05) is 13.2 Å². The van der Waals surface area contributed by atoms with Crippen molar-refractivity contribution in [1.29, 1.82) is 5.26 Å². The van der Waals surface area contributed by atoms with E-state index in [1.54, 1.807) is 33.8 Å². The largest absolute Gasteiger partial charge is 2.00 e. The number of phosphoric acid groups is 1. The Kier molecular flexibility index (Phi) is 23.0. The van der Waals surface area contributed by atoms with Crippen LogP contribution >= 0.6 is 7.82 Å². The standard InChI is InChI=1S/C62H89N12O15P.CN.Co/c1-29-20-39-40(21-30(29)2)74(28-69-39)57-52(84)53(41(27-75)87-57)89-90(85,86)88-31(3)26-68-48(81)18-19-59(8)37(22-45(65)78)56-62(11)61(10,25-47(67)80)36(13-16-44(64)77)51(73-62)33(5)55-60(9,24-46(66)79)34(14-17-49(82)83)38(70-55)23-42-58(6,7)35(12-15-43(63)76)50(71-42)32(4)54(59)72-56;1-2;/h20-21,23,28,31,34-37,41,52-53,56-57,75,84H,12-19,22,24-27H2,1-11H3,(H14,63,64,65,66,67,68,70,71,72,73,76,77,78,79,80,81,82,83,85,86);;/q;-1;+2/p-2/t31-,34+,35+,36+,37-,41+,52+,53+,56+,57-,59+,60-,61-,62-;;/m0../s1. The monoisotopic (exact) mass is 1360 g/mol. The first kappa shape index (κ1) is 75.0. The van der Waals surface area contributed by atoms with Gasteiger partial charge in [-0.1, -0.05) is 40.7 Å². The number of nitrogens with zero attached hydrogens (tertiary/aromatic N) is 7. The smallest absolute Gasteiger partial charge is 0.756 e. The molecule has 1 aromatic carbocycles. The van der Waals surface area contributed by atoms with Crippen molar-refractivity contribution in [3.8, 4) is 0 Å². The third kappa shape index (κ3) is 14.6. The molecule has 0 spiro atoms. The van der Waals surface area contributed by atoms with Crippen molar-refractivity contribution in [2.24, 2.45) is 89.0 Å². The Bertz CT molecular complexity index is 3600. The number of nitrogens with one attached hydrogen (secondary N) is 1. The second-order valence-corrected chi connectivity index (χ2v) is 28.2. The molecule has 1 unspecified atom stereocenters. The second kappa shape index (κ2) is 28.5. The van der Waals surface area contributed by atoms with Crippen LogP contribution in [-0.4, -0.2) is 133 Å². The number of rotatable bonds is 26. The number of aliphatic carboxylic acids is 1. The molecule has 2 aromatic rings. The fourth-order valence-corrected chi connectivity index (χ4v) is 16.4. The third-order valence-corrected chi connectivity index (χ3v) is 21.6. The van der Waals surface area contributed by atoms with E-state index < -0.39 is 143 Å². The molecule has 8 rings (SSSR count). The minimum Gasteiger partial charge on any atom is -0.756 e. The van der Waals surface area contributed by atoms with Gasteiger partial charge in [-0.25, -0.2) is 4.98 Å². The summed E-state index contributed by atoms with van der Waals surface area (Å²) >= 11 is 0. The molecule has 93 heavy (non-hydrogen) atoms. The van der Waals surface area contributed by atoms with Crippen LogP contribution in [0.5, 0.6) is 0 Å². The maximum absolute atomic E-state index is 14.3. The first-order chi connectivity index (χ1) is 42.8. The Morgan fingerprint density at radius 2 is 1.43 bits per heavy atom. The number of aliphatic hydroxyl groups is 2. The number of primary amides is 5. The van der Waals surface area contributed by atoms with Gasteiger partial charge in [-0.15, -0.1) is 0 Å². The van der Waals surface area contributed by atoms with Gasteiger partial charge < -0.3 is 89.7 Å². The maximum atomic E-state index is 14.3. The number of carbonyl (C=O) groups excluding carboxylic acids is 6. The number of aryl methyl sites for hydroxylation is 2. The Labute approximate surface area is 550 Å². The molecule has 8 bridgehead atoms. The van der Waals surface area contributed by atoms with Crippen molar-refractivity contribution in [3.05, 3.63) is 75.8 Å². The summed E-state index contributed by atoms with van der Waals surface area (Å²) in [5.41, 5.74) is 30.4. The van der Waals surface area contributed by atoms with Crippen LogP contribution in [0, 0.1) is 71.0 Å². The van der Waals surface area contributed by atoms with Crippen LogP contribution in [0.25, 0.3) is 16.4 Å². The van der Waals surface area contributed by atoms with Gasteiger partial charge in [0.25, 0.3) is 7.82 Å². The molecule has 2 saturated heterocycles. The molecule has 0 saturated carbocycles. The quantitative estimate of drug-likeness (QED) is 0.0474. The van der Waals surface area contributed by atoms with E-state index in [1.165, 1.54) is 17.8 Å². The summed E-state index contributed by atoms with van der Waals surface area (Å²) in [6.45, 7) is 23.5. The van der Waals surface area contributed by atoms with Crippen LogP contribution in [0.2, 0.25) is 0 Å². The first-order valence-corrected chi connectivity index (χ1v) is 32.1. The number of nitrogens with two attached hydrogens (primary N) is 5. The number of fused-ring (bicyclic) bond motifs is 7. The predicted molar refractivity (Wildman–Crippen MR) is 335 cm³/mol. The molecule has 7 heterocycles. The Morgan fingerprint density at radius 1 is 0.828 bits per heavy atom. The van der Waals surface area contributed by atoms with Crippen LogP contribution in [0.15, 0.2) is 67.8 Å². The van der Waals surface area contributed by atoms with E-state index in [9.17, 15) is 58.3 Å². The summed E-state index contributed by atoms with van der Waals surface area (Å²) in [5, 5.41) is 46.5. The summed E-state index contributed by atoms with van der Waals surface area (Å²) < 4.78 is 31.9. The fraction of sp³-hybridized carbons (Fsp3) is 0.619. The van der Waals surface area contributed by atoms with Gasteiger partial charge in [-0.05, 0) is 119 Å². The van der Waals surface area contributed by atoms with Crippen molar-refractivity contribution in [1.82, 2.24) is 14.9 Å². The van der Waals surface area contributed by atoms with Gasteiger partial charge in [-0.3, -0.25) is 53.1 Å². The average molecular weight is 1360 g/mol. The van der Waals surface area contributed by atoms with Gasteiger partial charge in [-0.2, -0.15) is 5.70 Å². The maximum Gasteiger partial charge on any atom is 2.00 e. The van der Waals surface area contributed by atoms with Crippen LogP contribution in [0.1, 0.15) is 150 Å². The van der Waals surface area contributed by atoms with Crippen LogP contribution < -0.4 is 38.9 Å². The number of carbonyl (C=O) groups is 7. The van der Waals surface area contributed by atoms with E-state index in [0.29, 0.717) is 56.4 Å². The third-order valence-electron chi connectivity index (χ3n) is 20.4. The Morgan fingerprint density at radius 3 is 2.01 bits per heavy atom. The summed E-state index contributed by atoms with van der Waals surface area (Å²) in [7, 11) is -5.32. The minimum atomic E-state index is -5.32. The number of phosphoric ester groups is 1. The second-order valence-electron chi connectivity index (χ2n) is 26.9. The summed E-state index contributed by atoms with van der Waals surface area (Å²) in [5.74, 6) is -8.12. The molecule has 1 radical (unpaired) electrons. The molecule has 30 heteroatoms. The van der Waals surface area contributed by atoms with E-state index >= 15 is 0 Å². The normalized spacial score (nSPS) is 33.1. The van der Waals surface area contributed by atoms with Crippen molar-refractivity contribution >= 4 is 77.4 Å². The number of allylic oxidation sites excluding steroid dienone is 6. The van der Waals surface area contributed by atoms with Gasteiger partial charge in [0.05, 0.1) is 41.3 Å². The van der Waals surface area contributed by atoms with Crippen LogP contribution in [0.3, 0.4) is 0 Å². The van der Waals surface area contributed by atoms with E-state index in [2.05, 4.69) is 10.3 Å². The zero-order chi connectivity index (χ0) is 68.7. The van der Waals surface area contributed by atoms with Gasteiger partial charge in [0.1, 0.15) is 18.3 Å². The average Bonchev–Trinajstić information content (AvgIpc) is 1.53. The number of aliphatic hydroxyl groups excluding tert-OH is 2. The molecule has 6 aliphatic rings. The van der Waals surface area contributed by atoms with Crippen LogP contribution in [-0.2, 0) is 68.7 Å². The van der Waals surface area contributed by atoms with E-state index in [0.717, 1.165) is 11.1 Å². The number of ether oxygens (including phenoxy) is 1. The molecule has 28 nitrogen and oxygen atoms in total. The number of carboxylic acid groups (broad SMARTS) is 1. The fourth-order valence-electron chi connectivity index (χ4n) is 15.3. The zero-order valence-electron chi connectivity index (χ0n) is 54.3. The number of aromatic nitrogens is 2. The topological polar surface area (TPSA) is 483 Å². The molecule has 1 aromatic heterocycles. The molecule has 6 amide bonds. The molecule has 6 aliphatic heterocycles. The van der Waals surface area contributed by atoms with E-state index in [1.807, 2.05) is 53.7 Å². The van der Waals surface area contributed by atoms with E-state index in [4.69, 9.17) is 74.6 Å². The number of carboxylic acids is 1.